The van der Waals surface area contributed by atoms with Crippen molar-refractivity contribution in [3.63, 3.8) is 0 Å². The van der Waals surface area contributed by atoms with Gasteiger partial charge in [0.15, 0.2) is 0 Å². The van der Waals surface area contributed by atoms with Crippen molar-refractivity contribution in [2.24, 2.45) is 0 Å². The van der Waals surface area contributed by atoms with Gasteiger partial charge in [-0.25, -0.2) is 9.59 Å². The van der Waals surface area contributed by atoms with Crippen LogP contribution in [0.15, 0.2) is 78.9 Å². The third kappa shape index (κ3) is 9.17. The molecule has 8 heteroatoms. The molecular formula is C30H35ClN2O5. The van der Waals surface area contributed by atoms with E-state index in [4.69, 9.17) is 36.1 Å². The maximum atomic E-state index is 9.10. The third-order valence-electron chi connectivity index (χ3n) is 6.44. The lowest BCUT2D eigenvalue weighted by molar-refractivity contribution is -0.159. The normalized spacial score (nSPS) is 14.3. The number of unbranched alkanes of at least 4 members (excludes halogenated alkanes) is 1. The highest BCUT2D eigenvalue weighted by molar-refractivity contribution is 6.30. The summed E-state index contributed by atoms with van der Waals surface area (Å²) in [6.07, 6.45) is 2.17. The molecule has 3 aromatic rings. The molecule has 2 N–H and O–H groups in total. The van der Waals surface area contributed by atoms with Crippen LogP contribution in [0.5, 0.6) is 0 Å². The zero-order chi connectivity index (χ0) is 27.3. The van der Waals surface area contributed by atoms with Crippen molar-refractivity contribution >= 4 is 29.2 Å². The number of halogens is 1. The average Bonchev–Trinajstić information content (AvgIpc) is 2.93. The van der Waals surface area contributed by atoms with Crippen LogP contribution in [0.25, 0.3) is 0 Å². The predicted octanol–water partition coefficient (Wildman–Crippen LogP) is 5.51. The Labute approximate surface area is 229 Å². The van der Waals surface area contributed by atoms with Crippen LogP contribution in [0.3, 0.4) is 0 Å². The maximum Gasteiger partial charge on any atom is 0.414 e. The Morgan fingerprint density at radius 1 is 0.816 bits per heavy atom. The summed E-state index contributed by atoms with van der Waals surface area (Å²) in [6.45, 7) is 8.57. The van der Waals surface area contributed by atoms with E-state index in [1.54, 1.807) is 0 Å². The average molecular weight is 539 g/mol. The van der Waals surface area contributed by atoms with Crippen molar-refractivity contribution in [1.82, 2.24) is 4.90 Å². The van der Waals surface area contributed by atoms with E-state index in [0.29, 0.717) is 0 Å². The summed E-state index contributed by atoms with van der Waals surface area (Å²) in [6, 6.07) is 27.1. The minimum atomic E-state index is -1.82. The van der Waals surface area contributed by atoms with Crippen LogP contribution in [0.1, 0.15) is 35.6 Å². The molecule has 0 aromatic heterocycles. The lowest BCUT2D eigenvalue weighted by Crippen LogP contribution is -2.46. The van der Waals surface area contributed by atoms with Gasteiger partial charge in [-0.3, -0.25) is 4.90 Å². The van der Waals surface area contributed by atoms with Crippen LogP contribution in [0.4, 0.5) is 5.69 Å². The van der Waals surface area contributed by atoms with Gasteiger partial charge in [0.2, 0.25) is 0 Å². The largest absolute Gasteiger partial charge is 0.473 e. The van der Waals surface area contributed by atoms with E-state index in [1.807, 2.05) is 18.2 Å². The molecule has 1 aliphatic heterocycles. The van der Waals surface area contributed by atoms with Crippen LogP contribution in [-0.4, -0.2) is 66.4 Å². The van der Waals surface area contributed by atoms with Crippen molar-refractivity contribution in [3.05, 3.63) is 101 Å². The summed E-state index contributed by atoms with van der Waals surface area (Å²) in [7, 11) is 0. The Morgan fingerprint density at radius 2 is 1.39 bits per heavy atom. The third-order valence-corrected chi connectivity index (χ3v) is 6.69. The smallest absolute Gasteiger partial charge is 0.414 e. The lowest BCUT2D eigenvalue weighted by atomic mass is 10.0. The minimum Gasteiger partial charge on any atom is -0.473 e. The van der Waals surface area contributed by atoms with Gasteiger partial charge in [-0.2, -0.15) is 0 Å². The van der Waals surface area contributed by atoms with Crippen LogP contribution >= 0.6 is 11.6 Å². The quantitative estimate of drug-likeness (QED) is 0.274. The number of carboxylic acids is 2. The first-order valence-electron chi connectivity index (χ1n) is 12.8. The van der Waals surface area contributed by atoms with E-state index in [9.17, 15) is 0 Å². The van der Waals surface area contributed by atoms with Gasteiger partial charge in [-0.1, -0.05) is 72.3 Å². The highest BCUT2D eigenvalue weighted by Crippen LogP contribution is 2.27. The van der Waals surface area contributed by atoms with Gasteiger partial charge in [0.05, 0.1) is 0 Å². The summed E-state index contributed by atoms with van der Waals surface area (Å²) >= 11 is 6.08. The molecule has 0 saturated carbocycles. The van der Waals surface area contributed by atoms with Gasteiger partial charge in [-0.15, -0.1) is 0 Å². The zero-order valence-corrected chi connectivity index (χ0v) is 22.4. The molecule has 38 heavy (non-hydrogen) atoms. The fourth-order valence-corrected chi connectivity index (χ4v) is 4.55. The minimum absolute atomic E-state index is 0.0499. The predicted molar refractivity (Wildman–Crippen MR) is 150 cm³/mol. The fraction of sp³-hybridized carbons (Fsp3) is 0.333. The maximum absolute atomic E-state index is 9.10. The number of aryl methyl sites for hydroxylation is 1. The molecule has 0 aliphatic carbocycles. The second-order valence-corrected chi connectivity index (χ2v) is 9.58. The standard InChI is InChI=1S/C28H33ClN2O.C2H2O4/c1-23-9-5-6-12-27(23)31-20-18-30(19-21-31)17-7-8-22-32-28(24-10-3-2-4-11-24)25-13-15-26(29)16-14-25;3-1(4)2(5)6/h2-6,9-16,28H,7-8,17-22H2,1H3;(H,3,4)(H,5,6). The van der Waals surface area contributed by atoms with Gasteiger partial charge in [-0.05, 0) is 61.2 Å². The van der Waals surface area contributed by atoms with Gasteiger partial charge in [0, 0.05) is 43.5 Å². The highest BCUT2D eigenvalue weighted by atomic mass is 35.5. The number of rotatable bonds is 9. The molecule has 1 aliphatic rings. The highest BCUT2D eigenvalue weighted by Gasteiger charge is 2.18. The Hall–Kier alpha value is -3.39. The molecular weight excluding hydrogens is 504 g/mol. The number of hydrogen-bond acceptors (Lipinski definition) is 5. The zero-order valence-electron chi connectivity index (χ0n) is 21.6. The molecule has 4 rings (SSSR count). The Morgan fingerprint density at radius 3 is 2.00 bits per heavy atom. The van der Waals surface area contributed by atoms with Crippen LogP contribution in [-0.2, 0) is 14.3 Å². The molecule has 0 amide bonds. The fourth-order valence-electron chi connectivity index (χ4n) is 4.42. The molecule has 1 atom stereocenters. The van der Waals surface area contributed by atoms with Gasteiger partial charge >= 0.3 is 11.9 Å². The molecule has 1 heterocycles. The van der Waals surface area contributed by atoms with Crippen molar-refractivity contribution in [1.29, 1.82) is 0 Å². The molecule has 0 bridgehead atoms. The number of nitrogens with zero attached hydrogens (tertiary/aromatic N) is 2. The number of aliphatic carboxylic acids is 2. The summed E-state index contributed by atoms with van der Waals surface area (Å²) in [5, 5.41) is 15.5. The molecule has 0 radical (unpaired) electrons. The van der Waals surface area contributed by atoms with Gasteiger partial charge < -0.3 is 19.8 Å². The Kier molecular flexibility index (Phi) is 11.6. The van der Waals surface area contributed by atoms with E-state index in [2.05, 4.69) is 77.4 Å². The van der Waals surface area contributed by atoms with E-state index in [-0.39, 0.29) is 6.10 Å². The Bertz CT molecular complexity index is 1140. The molecule has 1 unspecified atom stereocenters. The number of carboxylic acid groups (broad SMARTS) is 2. The number of benzene rings is 3. The van der Waals surface area contributed by atoms with Crippen molar-refractivity contribution in [2.45, 2.75) is 25.9 Å². The summed E-state index contributed by atoms with van der Waals surface area (Å²) in [5.74, 6) is -3.65. The summed E-state index contributed by atoms with van der Waals surface area (Å²) in [4.78, 5) is 23.3. The number of ether oxygens (including phenoxy) is 1. The van der Waals surface area contributed by atoms with Crippen molar-refractivity contribution in [3.8, 4) is 0 Å². The number of para-hydroxylation sites is 1. The van der Waals surface area contributed by atoms with Gasteiger partial charge in [0.25, 0.3) is 0 Å². The summed E-state index contributed by atoms with van der Waals surface area (Å²) in [5.41, 5.74) is 5.08. The first kappa shape index (κ1) is 29.2. The van der Waals surface area contributed by atoms with E-state index in [1.165, 1.54) is 16.8 Å². The van der Waals surface area contributed by atoms with E-state index >= 15 is 0 Å². The van der Waals surface area contributed by atoms with Crippen molar-refractivity contribution in [2.75, 3.05) is 44.2 Å². The molecule has 1 fully saturated rings. The lowest BCUT2D eigenvalue weighted by Gasteiger charge is -2.36. The van der Waals surface area contributed by atoms with Crippen LogP contribution < -0.4 is 4.90 Å². The molecule has 0 spiro atoms. The second kappa shape index (κ2) is 15.1. The number of anilines is 1. The second-order valence-electron chi connectivity index (χ2n) is 9.15. The van der Waals surface area contributed by atoms with Crippen LogP contribution in [0, 0.1) is 6.92 Å². The molecule has 7 nitrogen and oxygen atoms in total. The summed E-state index contributed by atoms with van der Waals surface area (Å²) < 4.78 is 6.36. The van der Waals surface area contributed by atoms with E-state index in [0.717, 1.165) is 62.8 Å². The molecule has 3 aromatic carbocycles. The van der Waals surface area contributed by atoms with E-state index < -0.39 is 11.9 Å². The first-order chi connectivity index (χ1) is 18.3. The first-order valence-corrected chi connectivity index (χ1v) is 13.1. The van der Waals surface area contributed by atoms with Crippen LogP contribution in [0.2, 0.25) is 5.02 Å². The molecule has 1 saturated heterocycles. The van der Waals surface area contributed by atoms with Crippen molar-refractivity contribution < 1.29 is 24.5 Å². The number of carbonyl (C=O) groups is 2. The molecule has 202 valence electrons. The number of hydrogen-bond donors (Lipinski definition) is 2. The monoisotopic (exact) mass is 538 g/mol. The topological polar surface area (TPSA) is 90.3 Å². The van der Waals surface area contributed by atoms with Gasteiger partial charge in [0.1, 0.15) is 6.10 Å². The SMILES string of the molecule is Cc1ccccc1N1CCN(CCCCOC(c2ccccc2)c2ccc(Cl)cc2)CC1.O=C(O)C(=O)O. The number of piperazine rings is 1. The Balaban J connectivity index is 0.000000599.